The molecule has 0 N–H and O–H groups in total. The molecule has 4 heteroatoms. The van der Waals surface area contributed by atoms with Gasteiger partial charge in [-0.1, -0.05) is 0 Å². The van der Waals surface area contributed by atoms with Gasteiger partial charge in [-0.3, -0.25) is 0 Å². The van der Waals surface area contributed by atoms with Gasteiger partial charge in [-0.25, -0.2) is 0 Å². The van der Waals surface area contributed by atoms with Crippen LogP contribution in [0.4, 0.5) is 0 Å². The first-order valence-corrected chi connectivity index (χ1v) is 18.8. The Morgan fingerprint density at radius 1 is 0.828 bits per heavy atom. The fourth-order valence-electron chi connectivity index (χ4n) is 4.20. The molecule has 0 spiro atoms. The number of hydrogen-bond donors (Lipinski definition) is 0. The van der Waals surface area contributed by atoms with E-state index in [9.17, 15) is 4.79 Å². The van der Waals surface area contributed by atoms with Crippen molar-refractivity contribution in [1.29, 1.82) is 0 Å². The van der Waals surface area contributed by atoms with Gasteiger partial charge in [-0.05, 0) is 0 Å². The van der Waals surface area contributed by atoms with Gasteiger partial charge in [-0.15, -0.1) is 0 Å². The Morgan fingerprint density at radius 3 is 1.93 bits per heavy atom. The Morgan fingerprint density at radius 2 is 1.38 bits per heavy atom. The zero-order valence-corrected chi connectivity index (χ0v) is 21.6. The van der Waals surface area contributed by atoms with E-state index in [0.29, 0.717) is 5.75 Å². The molecule has 2 rings (SSSR count). The van der Waals surface area contributed by atoms with Crippen molar-refractivity contribution in [3.8, 4) is 5.75 Å². The number of rotatable bonds is 13. The predicted octanol–water partition coefficient (Wildman–Crippen LogP) is 6.45. The Labute approximate surface area is 181 Å². The molecule has 0 bridgehead atoms. The van der Waals surface area contributed by atoms with Crippen LogP contribution in [0.15, 0.2) is 36.4 Å². The SMILES string of the molecule is CCC[CH2][Sn]([CH2]CCC)([CH2]CCC)[c]1ccc2cc(OCC(=O)OC)ccc2c1. The van der Waals surface area contributed by atoms with Crippen LogP contribution in [-0.2, 0) is 9.53 Å². The molecule has 3 nitrogen and oxygen atoms in total. The number of esters is 1. The molecule has 0 aliphatic rings. The molecule has 160 valence electrons. The summed E-state index contributed by atoms with van der Waals surface area (Å²) in [5.74, 6) is 0.357. The molecule has 29 heavy (non-hydrogen) atoms. The zero-order valence-electron chi connectivity index (χ0n) is 18.8. The Balaban J connectivity index is 2.34. The molecular weight excluding hydrogens is 467 g/mol. The molecule has 2 aromatic carbocycles. The first-order chi connectivity index (χ1) is 14.1. The van der Waals surface area contributed by atoms with Crippen LogP contribution in [0.3, 0.4) is 0 Å². The topological polar surface area (TPSA) is 35.5 Å². The summed E-state index contributed by atoms with van der Waals surface area (Å²) >= 11 is -2.40. The van der Waals surface area contributed by atoms with Crippen LogP contribution in [-0.4, -0.2) is 38.1 Å². The normalized spacial score (nSPS) is 11.6. The van der Waals surface area contributed by atoms with Crippen molar-refractivity contribution in [3.05, 3.63) is 36.4 Å². The molecule has 0 atom stereocenters. The summed E-state index contributed by atoms with van der Waals surface area (Å²) in [5, 5.41) is 2.47. The van der Waals surface area contributed by atoms with Crippen molar-refractivity contribution in [2.45, 2.75) is 72.6 Å². The number of fused-ring (bicyclic) bond motifs is 1. The van der Waals surface area contributed by atoms with Gasteiger partial charge in [0, 0.05) is 0 Å². The monoisotopic (exact) mass is 506 g/mol. The summed E-state index contributed by atoms with van der Waals surface area (Å²) in [6, 6.07) is 13.3. The third-order valence-corrected chi connectivity index (χ3v) is 21.6. The molecular formula is C25H38O3Sn. The minimum atomic E-state index is -2.40. The minimum absolute atomic E-state index is 0.0509. The predicted molar refractivity (Wildman–Crippen MR) is 126 cm³/mol. The van der Waals surface area contributed by atoms with Crippen LogP contribution >= 0.6 is 0 Å². The standard InChI is InChI=1S/C13H11O3.3C4H9.Sn/c1-15-13(14)9-16-12-7-6-10-4-2-3-5-11(10)8-12;3*1-3-4-2;/h3-8H,9H2,1H3;3*1,3-4H2,2H3;. The Bertz CT molecular complexity index is 750. The molecule has 0 fully saturated rings. The summed E-state index contributed by atoms with van der Waals surface area (Å²) in [6.07, 6.45) is 8.02. The van der Waals surface area contributed by atoms with Crippen LogP contribution in [0.5, 0.6) is 5.75 Å². The second-order valence-electron chi connectivity index (χ2n) is 8.18. The molecule has 0 aromatic heterocycles. The van der Waals surface area contributed by atoms with E-state index in [-0.39, 0.29) is 12.6 Å². The van der Waals surface area contributed by atoms with Crippen molar-refractivity contribution in [2.24, 2.45) is 0 Å². The molecule has 0 amide bonds. The van der Waals surface area contributed by atoms with Gasteiger partial charge in [0.1, 0.15) is 0 Å². The fraction of sp³-hybridized carbons (Fsp3) is 0.560. The van der Waals surface area contributed by atoms with Gasteiger partial charge >= 0.3 is 181 Å². The van der Waals surface area contributed by atoms with Crippen LogP contribution in [0.1, 0.15) is 59.3 Å². The first kappa shape index (κ1) is 24.0. The quantitative estimate of drug-likeness (QED) is 0.232. The van der Waals surface area contributed by atoms with Crippen molar-refractivity contribution in [3.63, 3.8) is 0 Å². The number of hydrogen-bond acceptors (Lipinski definition) is 3. The van der Waals surface area contributed by atoms with Crippen LogP contribution in [0.2, 0.25) is 13.3 Å². The summed E-state index contributed by atoms with van der Waals surface area (Å²) < 4.78 is 16.4. The molecule has 0 unspecified atom stereocenters. The summed E-state index contributed by atoms with van der Waals surface area (Å²) in [5.41, 5.74) is 0. The van der Waals surface area contributed by atoms with Crippen LogP contribution in [0.25, 0.3) is 10.8 Å². The second kappa shape index (κ2) is 12.5. The third kappa shape index (κ3) is 6.90. The average molecular weight is 505 g/mol. The maximum atomic E-state index is 11.3. The Kier molecular flexibility index (Phi) is 10.3. The van der Waals surface area contributed by atoms with E-state index in [0.717, 1.165) is 0 Å². The van der Waals surface area contributed by atoms with Gasteiger partial charge in [-0.2, -0.15) is 0 Å². The number of ether oxygens (including phenoxy) is 2. The summed E-state index contributed by atoms with van der Waals surface area (Å²) in [7, 11) is 1.38. The van der Waals surface area contributed by atoms with E-state index in [1.165, 1.54) is 69.7 Å². The molecule has 0 aliphatic heterocycles. The van der Waals surface area contributed by atoms with E-state index in [1.54, 1.807) is 3.58 Å². The van der Waals surface area contributed by atoms with Gasteiger partial charge in [0.15, 0.2) is 0 Å². The van der Waals surface area contributed by atoms with Gasteiger partial charge in [0.05, 0.1) is 0 Å². The number of carbonyl (C=O) groups excluding carboxylic acids is 1. The van der Waals surface area contributed by atoms with Gasteiger partial charge < -0.3 is 0 Å². The van der Waals surface area contributed by atoms with Gasteiger partial charge in [0.25, 0.3) is 0 Å². The number of unbranched alkanes of at least 4 members (excludes halogenated alkanes) is 3. The molecule has 0 saturated heterocycles. The number of methoxy groups -OCH3 is 1. The maximum absolute atomic E-state index is 11.3. The van der Waals surface area contributed by atoms with Crippen molar-refractivity contribution < 1.29 is 14.3 Å². The van der Waals surface area contributed by atoms with Crippen molar-refractivity contribution in [2.75, 3.05) is 13.7 Å². The molecule has 0 saturated carbocycles. The van der Waals surface area contributed by atoms with Gasteiger partial charge in [0.2, 0.25) is 0 Å². The molecule has 0 radical (unpaired) electrons. The molecule has 0 heterocycles. The second-order valence-corrected chi connectivity index (χ2v) is 21.4. The van der Waals surface area contributed by atoms with Crippen LogP contribution < -0.4 is 8.32 Å². The van der Waals surface area contributed by atoms with E-state index in [4.69, 9.17) is 4.74 Å². The average Bonchev–Trinajstić information content (AvgIpc) is 2.76. The number of carbonyl (C=O) groups is 1. The first-order valence-electron chi connectivity index (χ1n) is 11.3. The van der Waals surface area contributed by atoms with Crippen molar-refractivity contribution >= 4 is 38.7 Å². The van der Waals surface area contributed by atoms with E-state index < -0.39 is 18.4 Å². The zero-order chi connectivity index (χ0) is 21.1. The van der Waals surface area contributed by atoms with Crippen molar-refractivity contribution in [1.82, 2.24) is 0 Å². The molecule has 2 aromatic rings. The summed E-state index contributed by atoms with van der Waals surface area (Å²) in [4.78, 5) is 11.3. The van der Waals surface area contributed by atoms with E-state index in [1.807, 2.05) is 12.1 Å². The summed E-state index contributed by atoms with van der Waals surface area (Å²) in [6.45, 7) is 6.93. The Hall–Kier alpha value is -1.23. The van der Waals surface area contributed by atoms with E-state index >= 15 is 0 Å². The van der Waals surface area contributed by atoms with E-state index in [2.05, 4.69) is 49.8 Å². The fourth-order valence-corrected chi connectivity index (χ4v) is 20.2. The number of benzene rings is 2. The third-order valence-electron chi connectivity index (χ3n) is 6.04. The van der Waals surface area contributed by atoms with Crippen LogP contribution in [0, 0.1) is 0 Å². The molecule has 0 aliphatic carbocycles.